The van der Waals surface area contributed by atoms with Crippen molar-refractivity contribution in [1.29, 1.82) is 0 Å². The molecule has 0 saturated carbocycles. The molecule has 0 fully saturated rings. The van der Waals surface area contributed by atoms with Crippen molar-refractivity contribution in [3.8, 4) is 5.75 Å². The Labute approximate surface area is 81.3 Å². The van der Waals surface area contributed by atoms with Crippen molar-refractivity contribution >= 4 is 6.29 Å². The lowest BCUT2D eigenvalue weighted by Crippen LogP contribution is -2.33. The summed E-state index contributed by atoms with van der Waals surface area (Å²) in [4.78, 5) is 10.5. The molecule has 4 heteroatoms. The van der Waals surface area contributed by atoms with Crippen molar-refractivity contribution in [3.63, 3.8) is 0 Å². The van der Waals surface area contributed by atoms with Gasteiger partial charge in [-0.3, -0.25) is 10.5 Å². The van der Waals surface area contributed by atoms with E-state index in [1.54, 1.807) is 0 Å². The second-order valence-electron chi connectivity index (χ2n) is 2.92. The molecule has 0 unspecified atom stereocenters. The van der Waals surface area contributed by atoms with Crippen LogP contribution in [0.25, 0.3) is 0 Å². The SMILES string of the molecule is C=C[C@@](N)(O)c1cc(C=O)ccc1O. The Morgan fingerprint density at radius 1 is 1.50 bits per heavy atom. The molecule has 4 nitrogen and oxygen atoms in total. The summed E-state index contributed by atoms with van der Waals surface area (Å²) in [7, 11) is 0. The monoisotopic (exact) mass is 193 g/mol. The van der Waals surface area contributed by atoms with E-state index in [1.807, 2.05) is 0 Å². The molecule has 0 heterocycles. The normalized spacial score (nSPS) is 14.4. The minimum atomic E-state index is -1.83. The average Bonchev–Trinajstić information content (AvgIpc) is 2.18. The highest BCUT2D eigenvalue weighted by Gasteiger charge is 2.23. The first kappa shape index (κ1) is 10.4. The molecular formula is C10H11NO3. The van der Waals surface area contributed by atoms with Crippen LogP contribution >= 0.6 is 0 Å². The zero-order valence-corrected chi connectivity index (χ0v) is 7.47. The predicted molar refractivity (Wildman–Crippen MR) is 51.8 cm³/mol. The zero-order chi connectivity index (χ0) is 10.8. The summed E-state index contributed by atoms with van der Waals surface area (Å²) < 4.78 is 0. The van der Waals surface area contributed by atoms with Gasteiger partial charge in [-0.2, -0.15) is 0 Å². The van der Waals surface area contributed by atoms with Crippen molar-refractivity contribution in [2.45, 2.75) is 5.72 Å². The Kier molecular flexibility index (Phi) is 2.69. The molecule has 1 atom stereocenters. The maximum atomic E-state index is 10.5. The third-order valence-corrected chi connectivity index (χ3v) is 1.90. The maximum Gasteiger partial charge on any atom is 0.162 e. The van der Waals surface area contributed by atoms with E-state index < -0.39 is 5.72 Å². The number of phenolic OH excluding ortho intramolecular Hbond substituents is 1. The van der Waals surface area contributed by atoms with Gasteiger partial charge in [-0.05, 0) is 24.3 Å². The summed E-state index contributed by atoms with van der Waals surface area (Å²) in [5, 5.41) is 19.0. The number of rotatable bonds is 3. The molecule has 1 rings (SSSR count). The van der Waals surface area contributed by atoms with Crippen molar-refractivity contribution in [2.75, 3.05) is 0 Å². The third-order valence-electron chi connectivity index (χ3n) is 1.90. The molecule has 0 radical (unpaired) electrons. The van der Waals surface area contributed by atoms with Crippen LogP contribution < -0.4 is 5.73 Å². The fourth-order valence-electron chi connectivity index (χ4n) is 1.06. The maximum absolute atomic E-state index is 10.5. The first-order valence-electron chi connectivity index (χ1n) is 3.95. The molecule has 0 aliphatic carbocycles. The minimum Gasteiger partial charge on any atom is -0.507 e. The molecule has 1 aromatic rings. The molecule has 14 heavy (non-hydrogen) atoms. The summed E-state index contributed by atoms with van der Waals surface area (Å²) in [6, 6.07) is 4.02. The Morgan fingerprint density at radius 2 is 2.14 bits per heavy atom. The van der Waals surface area contributed by atoms with E-state index in [-0.39, 0.29) is 11.3 Å². The minimum absolute atomic E-state index is 0.0529. The largest absolute Gasteiger partial charge is 0.507 e. The summed E-state index contributed by atoms with van der Waals surface area (Å²) in [5.41, 5.74) is 3.97. The molecule has 74 valence electrons. The molecule has 0 aliphatic rings. The van der Waals surface area contributed by atoms with Crippen LogP contribution in [0.4, 0.5) is 0 Å². The summed E-state index contributed by atoms with van der Waals surface area (Å²) in [5.74, 6) is -0.180. The van der Waals surface area contributed by atoms with Crippen LogP contribution in [-0.4, -0.2) is 16.5 Å². The number of aromatic hydroxyl groups is 1. The Bertz CT molecular complexity index is 372. The van der Waals surface area contributed by atoms with E-state index in [2.05, 4.69) is 6.58 Å². The smallest absolute Gasteiger partial charge is 0.162 e. The summed E-state index contributed by atoms with van der Waals surface area (Å²) in [6.07, 6.45) is 1.68. The van der Waals surface area contributed by atoms with E-state index >= 15 is 0 Å². The number of benzene rings is 1. The predicted octanol–water partition coefficient (Wildman–Crippen LogP) is 0.495. The van der Waals surface area contributed by atoms with Gasteiger partial charge in [-0.1, -0.05) is 6.58 Å². The van der Waals surface area contributed by atoms with Gasteiger partial charge < -0.3 is 10.2 Å². The van der Waals surface area contributed by atoms with Gasteiger partial charge in [0.25, 0.3) is 0 Å². The Balaban J connectivity index is 3.32. The highest BCUT2D eigenvalue weighted by molar-refractivity contribution is 5.75. The zero-order valence-electron chi connectivity index (χ0n) is 7.47. The number of hydrogen-bond donors (Lipinski definition) is 3. The summed E-state index contributed by atoms with van der Waals surface area (Å²) >= 11 is 0. The Hall–Kier alpha value is -1.65. The second kappa shape index (κ2) is 3.61. The number of phenols is 1. The van der Waals surface area contributed by atoms with Gasteiger partial charge in [0.2, 0.25) is 0 Å². The Morgan fingerprint density at radius 3 is 2.64 bits per heavy atom. The molecular weight excluding hydrogens is 182 g/mol. The van der Waals surface area contributed by atoms with Crippen LogP contribution in [-0.2, 0) is 5.72 Å². The van der Waals surface area contributed by atoms with Crippen molar-refractivity contribution in [1.82, 2.24) is 0 Å². The molecule has 0 amide bonds. The molecule has 0 bridgehead atoms. The molecule has 0 aliphatic heterocycles. The van der Waals surface area contributed by atoms with Gasteiger partial charge in [0.1, 0.15) is 12.0 Å². The van der Waals surface area contributed by atoms with E-state index in [0.717, 1.165) is 6.08 Å². The summed E-state index contributed by atoms with van der Waals surface area (Å²) in [6.45, 7) is 3.33. The first-order valence-corrected chi connectivity index (χ1v) is 3.95. The fourth-order valence-corrected chi connectivity index (χ4v) is 1.06. The van der Waals surface area contributed by atoms with E-state index in [4.69, 9.17) is 5.73 Å². The van der Waals surface area contributed by atoms with Gasteiger partial charge >= 0.3 is 0 Å². The highest BCUT2D eigenvalue weighted by atomic mass is 16.3. The van der Waals surface area contributed by atoms with E-state index in [1.165, 1.54) is 18.2 Å². The van der Waals surface area contributed by atoms with Crippen LogP contribution in [0, 0.1) is 0 Å². The number of aldehydes is 1. The quantitative estimate of drug-likeness (QED) is 0.370. The number of carbonyl (C=O) groups excluding carboxylic acids is 1. The van der Waals surface area contributed by atoms with Gasteiger partial charge in [-0.15, -0.1) is 0 Å². The standard InChI is InChI=1S/C10H11NO3/c1-2-10(11,14)8-5-7(6-12)3-4-9(8)13/h2-6,13-14H,1,11H2/t10-/m1/s1. The van der Waals surface area contributed by atoms with Gasteiger partial charge in [-0.25, -0.2) is 0 Å². The van der Waals surface area contributed by atoms with Crippen LogP contribution in [0.15, 0.2) is 30.9 Å². The lowest BCUT2D eigenvalue weighted by Gasteiger charge is -2.20. The molecule has 0 spiro atoms. The molecule has 0 aromatic heterocycles. The fraction of sp³-hybridized carbons (Fsp3) is 0.100. The van der Waals surface area contributed by atoms with E-state index in [0.29, 0.717) is 11.8 Å². The van der Waals surface area contributed by atoms with Crippen LogP contribution in [0.2, 0.25) is 0 Å². The van der Waals surface area contributed by atoms with Crippen molar-refractivity contribution in [3.05, 3.63) is 42.0 Å². The second-order valence-corrected chi connectivity index (χ2v) is 2.92. The van der Waals surface area contributed by atoms with Crippen LogP contribution in [0.5, 0.6) is 5.75 Å². The molecule has 0 saturated heterocycles. The van der Waals surface area contributed by atoms with Gasteiger partial charge in [0.15, 0.2) is 5.72 Å². The molecule has 4 N–H and O–H groups in total. The van der Waals surface area contributed by atoms with Crippen molar-refractivity contribution < 1.29 is 15.0 Å². The van der Waals surface area contributed by atoms with Crippen LogP contribution in [0.1, 0.15) is 15.9 Å². The highest BCUT2D eigenvalue weighted by Crippen LogP contribution is 2.26. The average molecular weight is 193 g/mol. The first-order chi connectivity index (χ1) is 6.51. The number of carbonyl (C=O) groups is 1. The molecule has 1 aromatic carbocycles. The van der Waals surface area contributed by atoms with Crippen molar-refractivity contribution in [2.24, 2.45) is 5.73 Å². The third kappa shape index (κ3) is 1.81. The van der Waals surface area contributed by atoms with Crippen LogP contribution in [0.3, 0.4) is 0 Å². The lowest BCUT2D eigenvalue weighted by atomic mass is 10.0. The number of hydrogen-bond acceptors (Lipinski definition) is 4. The van der Waals surface area contributed by atoms with Gasteiger partial charge in [0.05, 0.1) is 0 Å². The van der Waals surface area contributed by atoms with E-state index in [9.17, 15) is 15.0 Å². The number of nitrogens with two attached hydrogens (primary N) is 1. The topological polar surface area (TPSA) is 83.5 Å². The lowest BCUT2D eigenvalue weighted by molar-refractivity contribution is 0.0945. The van der Waals surface area contributed by atoms with Gasteiger partial charge in [0, 0.05) is 11.1 Å². The number of aliphatic hydroxyl groups is 1.